The average molecular weight is 466 g/mol. The number of fused-ring (bicyclic) bond motifs is 1. The zero-order valence-corrected chi connectivity index (χ0v) is 19.0. The minimum Gasteiger partial charge on any atom is -0.391 e. The predicted molar refractivity (Wildman–Crippen MR) is 131 cm³/mol. The quantitative estimate of drug-likeness (QED) is 0.337. The number of halogens is 1. The third-order valence-electron chi connectivity index (χ3n) is 5.72. The maximum atomic E-state index is 10.2. The first kappa shape index (κ1) is 21.1. The highest BCUT2D eigenvalue weighted by molar-refractivity contribution is 7.22. The summed E-state index contributed by atoms with van der Waals surface area (Å²) in [6.45, 7) is 0.574. The van der Waals surface area contributed by atoms with E-state index >= 15 is 0 Å². The van der Waals surface area contributed by atoms with Crippen molar-refractivity contribution in [1.82, 2.24) is 15.0 Å². The molecule has 1 aliphatic rings. The Morgan fingerprint density at radius 3 is 2.75 bits per heavy atom. The van der Waals surface area contributed by atoms with Gasteiger partial charge in [-0.05, 0) is 30.5 Å². The largest absolute Gasteiger partial charge is 0.391 e. The normalized spacial score (nSPS) is 18.6. The lowest BCUT2D eigenvalue weighted by Crippen LogP contribution is -2.36. The van der Waals surface area contributed by atoms with E-state index < -0.39 is 0 Å². The molecular weight excluding hydrogens is 442 g/mol. The first-order valence-corrected chi connectivity index (χ1v) is 12.0. The second kappa shape index (κ2) is 9.40. The molecule has 32 heavy (non-hydrogen) atoms. The molecule has 1 fully saturated rings. The predicted octanol–water partition coefficient (Wildman–Crippen LogP) is 5.73. The first-order valence-electron chi connectivity index (χ1n) is 10.8. The summed E-state index contributed by atoms with van der Waals surface area (Å²) in [7, 11) is 0. The summed E-state index contributed by atoms with van der Waals surface area (Å²) in [5, 5.41) is 18.4. The summed E-state index contributed by atoms with van der Waals surface area (Å²) in [4.78, 5) is 13.7. The Kier molecular flexibility index (Phi) is 6.21. The van der Waals surface area contributed by atoms with Crippen LogP contribution in [-0.4, -0.2) is 32.2 Å². The van der Waals surface area contributed by atoms with E-state index in [1.807, 2.05) is 36.4 Å². The summed E-state index contributed by atoms with van der Waals surface area (Å²) in [5.74, 6) is 0.709. The summed E-state index contributed by atoms with van der Waals surface area (Å²) < 4.78 is 1.02. The smallest absolute Gasteiger partial charge is 0.184 e. The lowest BCUT2D eigenvalue weighted by atomic mass is 9.93. The van der Waals surface area contributed by atoms with E-state index in [-0.39, 0.29) is 12.1 Å². The molecule has 4 aromatic rings. The number of anilines is 2. The number of nitrogens with one attached hydrogen (secondary N) is 2. The van der Waals surface area contributed by atoms with Gasteiger partial charge in [0.25, 0.3) is 0 Å². The maximum Gasteiger partial charge on any atom is 0.184 e. The minimum atomic E-state index is -0.321. The van der Waals surface area contributed by atoms with E-state index in [0.29, 0.717) is 17.4 Å². The van der Waals surface area contributed by atoms with Gasteiger partial charge in [0.2, 0.25) is 0 Å². The number of hydrogen-bond acceptors (Lipinski definition) is 7. The summed E-state index contributed by atoms with van der Waals surface area (Å²) in [5.41, 5.74) is 3.69. The van der Waals surface area contributed by atoms with Crippen LogP contribution in [0.25, 0.3) is 21.5 Å². The van der Waals surface area contributed by atoms with Crippen LogP contribution in [0.15, 0.2) is 54.9 Å². The van der Waals surface area contributed by atoms with Crippen molar-refractivity contribution in [2.24, 2.45) is 0 Å². The number of nitrogens with zero attached hydrogens (tertiary/aromatic N) is 3. The number of benzene rings is 2. The van der Waals surface area contributed by atoms with E-state index in [2.05, 4.69) is 31.7 Å². The molecule has 2 heterocycles. The highest BCUT2D eigenvalue weighted by Crippen LogP contribution is 2.34. The van der Waals surface area contributed by atoms with Crippen molar-refractivity contribution in [1.29, 1.82) is 0 Å². The number of hydrogen-bond donors (Lipinski definition) is 3. The van der Waals surface area contributed by atoms with Gasteiger partial charge in [0.1, 0.15) is 11.3 Å². The zero-order valence-electron chi connectivity index (χ0n) is 17.5. The van der Waals surface area contributed by atoms with Crippen molar-refractivity contribution in [3.63, 3.8) is 0 Å². The van der Waals surface area contributed by atoms with E-state index in [1.54, 1.807) is 23.7 Å². The highest BCUT2D eigenvalue weighted by atomic mass is 35.5. The molecule has 1 unspecified atom stereocenters. The van der Waals surface area contributed by atoms with Crippen LogP contribution in [0.4, 0.5) is 10.9 Å². The maximum absolute atomic E-state index is 10.2. The zero-order chi connectivity index (χ0) is 21.9. The molecule has 2 aromatic carbocycles. The fourth-order valence-electron chi connectivity index (χ4n) is 4.04. The highest BCUT2D eigenvalue weighted by Gasteiger charge is 2.24. The molecule has 6 nitrogen and oxygen atoms in total. The molecule has 0 saturated heterocycles. The van der Waals surface area contributed by atoms with E-state index in [1.165, 1.54) is 0 Å². The van der Waals surface area contributed by atoms with Gasteiger partial charge < -0.3 is 15.7 Å². The molecule has 0 radical (unpaired) electrons. The number of aliphatic hydroxyl groups excluding tert-OH is 1. The Hall–Kier alpha value is -2.74. The van der Waals surface area contributed by atoms with Gasteiger partial charge in [-0.25, -0.2) is 9.97 Å². The Morgan fingerprint density at radius 2 is 1.91 bits per heavy atom. The Morgan fingerprint density at radius 1 is 1.06 bits per heavy atom. The van der Waals surface area contributed by atoms with Crippen LogP contribution < -0.4 is 10.6 Å². The van der Waals surface area contributed by atoms with Crippen LogP contribution in [0.5, 0.6) is 0 Å². The fourth-order valence-corrected chi connectivity index (χ4v) is 5.39. The molecule has 0 bridgehead atoms. The molecule has 3 N–H and O–H groups in total. The third kappa shape index (κ3) is 4.70. The molecule has 164 valence electrons. The van der Waals surface area contributed by atoms with Gasteiger partial charge in [0.05, 0.1) is 40.0 Å². The fraction of sp³-hybridized carbons (Fsp3) is 0.292. The number of aromatic nitrogens is 3. The second-order valence-corrected chi connectivity index (χ2v) is 9.49. The lowest BCUT2D eigenvalue weighted by molar-refractivity contribution is 0.116. The SMILES string of the molecule is O[C@@H]1CCCCC1Nc1nc2c(Cl)cc(CNc3cncc(-c4ccccc4)n3)cc2s1. The Bertz CT molecular complexity index is 1220. The average Bonchev–Trinajstić information content (AvgIpc) is 3.23. The van der Waals surface area contributed by atoms with Crippen LogP contribution in [0.1, 0.15) is 31.2 Å². The van der Waals surface area contributed by atoms with E-state index in [4.69, 9.17) is 11.6 Å². The van der Waals surface area contributed by atoms with Crippen LogP contribution >= 0.6 is 22.9 Å². The molecule has 2 atom stereocenters. The second-order valence-electron chi connectivity index (χ2n) is 8.06. The molecular formula is C24H24ClN5OS. The summed E-state index contributed by atoms with van der Waals surface area (Å²) >= 11 is 8.11. The first-order chi connectivity index (χ1) is 15.7. The van der Waals surface area contributed by atoms with Gasteiger partial charge in [0.15, 0.2) is 5.13 Å². The molecule has 0 spiro atoms. The van der Waals surface area contributed by atoms with Crippen LogP contribution in [0.3, 0.4) is 0 Å². The molecule has 8 heteroatoms. The van der Waals surface area contributed by atoms with E-state index in [0.717, 1.165) is 57.9 Å². The van der Waals surface area contributed by atoms with Crippen molar-refractivity contribution in [3.05, 3.63) is 65.4 Å². The number of thiazole rings is 1. The third-order valence-corrected chi connectivity index (χ3v) is 6.95. The standard InChI is InChI=1S/C24H24ClN5OS/c25-17-10-15(12-27-22-14-26-13-19(28-22)16-6-2-1-3-7-16)11-21-23(17)30-24(32-21)29-18-8-4-5-9-20(18)31/h1-3,6-7,10-11,13-14,18,20,31H,4-5,8-9,12H2,(H,27,28)(H,29,30)/t18?,20-/m1/s1. The van der Waals surface area contributed by atoms with Gasteiger partial charge >= 0.3 is 0 Å². The van der Waals surface area contributed by atoms with Crippen LogP contribution in [-0.2, 0) is 6.54 Å². The molecule has 0 aliphatic heterocycles. The molecule has 2 aromatic heterocycles. The van der Waals surface area contributed by atoms with Gasteiger partial charge in [0, 0.05) is 12.1 Å². The summed E-state index contributed by atoms with van der Waals surface area (Å²) in [6, 6.07) is 14.1. The van der Waals surface area contributed by atoms with Gasteiger partial charge in [-0.15, -0.1) is 0 Å². The minimum absolute atomic E-state index is 0.0553. The van der Waals surface area contributed by atoms with Crippen molar-refractivity contribution in [2.75, 3.05) is 10.6 Å². The topological polar surface area (TPSA) is 83.0 Å². The monoisotopic (exact) mass is 465 g/mol. The molecule has 1 saturated carbocycles. The Balaban J connectivity index is 1.31. The summed E-state index contributed by atoms with van der Waals surface area (Å²) in [6.07, 6.45) is 7.18. The number of aliphatic hydroxyl groups is 1. The van der Waals surface area contributed by atoms with Crippen molar-refractivity contribution in [3.8, 4) is 11.3 Å². The molecule has 5 rings (SSSR count). The molecule has 1 aliphatic carbocycles. The van der Waals surface area contributed by atoms with Crippen molar-refractivity contribution < 1.29 is 5.11 Å². The van der Waals surface area contributed by atoms with Crippen molar-refractivity contribution >= 4 is 44.1 Å². The van der Waals surface area contributed by atoms with Crippen molar-refractivity contribution in [2.45, 2.75) is 44.4 Å². The van der Waals surface area contributed by atoms with Gasteiger partial charge in [-0.3, -0.25) is 4.98 Å². The van der Waals surface area contributed by atoms with Crippen LogP contribution in [0.2, 0.25) is 5.02 Å². The van der Waals surface area contributed by atoms with Crippen LogP contribution in [0, 0.1) is 0 Å². The van der Waals surface area contributed by atoms with E-state index in [9.17, 15) is 5.11 Å². The van der Waals surface area contributed by atoms with Gasteiger partial charge in [-0.1, -0.05) is 66.1 Å². The molecule has 0 amide bonds. The Labute approximate surface area is 195 Å². The lowest BCUT2D eigenvalue weighted by Gasteiger charge is -2.27. The number of rotatable bonds is 6. The van der Waals surface area contributed by atoms with Gasteiger partial charge in [-0.2, -0.15) is 0 Å².